The monoisotopic (exact) mass is 345 g/mol. The second kappa shape index (κ2) is 7.74. The molecular formula is C16H29N2O4P. The van der Waals surface area contributed by atoms with Crippen LogP contribution in [0, 0.1) is 6.57 Å². The smallest absolute Gasteiger partial charge is 0.259 e. The van der Waals surface area contributed by atoms with Crippen LogP contribution >= 0.6 is 8.53 Å². The van der Waals surface area contributed by atoms with E-state index in [1.807, 2.05) is 6.92 Å². The third-order valence-electron chi connectivity index (χ3n) is 4.26. The van der Waals surface area contributed by atoms with E-state index in [0.29, 0.717) is 19.8 Å². The van der Waals surface area contributed by atoms with Gasteiger partial charge in [0.2, 0.25) is 6.54 Å². The average molecular weight is 345 g/mol. The molecule has 0 aromatic rings. The standard InChI is InChI=1S/C16H29N2O4P/c1-11(2)18(12(3)4)23(20-9-8-17-7)22-15-14-10-19-16(15,6)13(5)21-14/h11-15H,8-10H2,1-6H3/t13-,14+,15+,16+,23?/m1/s1/i6D. The van der Waals surface area contributed by atoms with Gasteiger partial charge in [0.25, 0.3) is 8.53 Å². The van der Waals surface area contributed by atoms with Gasteiger partial charge in [-0.3, -0.25) is 0 Å². The van der Waals surface area contributed by atoms with E-state index in [4.69, 9.17) is 26.5 Å². The van der Waals surface area contributed by atoms with E-state index in [0.717, 1.165) is 0 Å². The molecule has 2 heterocycles. The summed E-state index contributed by atoms with van der Waals surface area (Å²) in [7, 11) is -1.35. The summed E-state index contributed by atoms with van der Waals surface area (Å²) in [6.45, 7) is 18.5. The first-order chi connectivity index (χ1) is 11.4. The third-order valence-corrected chi connectivity index (χ3v) is 6.37. The predicted molar refractivity (Wildman–Crippen MR) is 90.0 cm³/mol. The zero-order valence-corrected chi connectivity index (χ0v) is 15.6. The summed E-state index contributed by atoms with van der Waals surface area (Å²) in [4.78, 5) is 3.35. The first-order valence-electron chi connectivity index (χ1n) is 8.88. The largest absolute Gasteiger partial charge is 0.367 e. The summed E-state index contributed by atoms with van der Waals surface area (Å²) in [5.74, 6) is 0. The molecule has 2 bridgehead atoms. The Kier molecular flexibility index (Phi) is 5.90. The molecule has 2 aliphatic heterocycles. The molecule has 6 nitrogen and oxygen atoms in total. The third kappa shape index (κ3) is 3.87. The van der Waals surface area contributed by atoms with Crippen LogP contribution in [0.25, 0.3) is 4.85 Å². The molecule has 0 spiro atoms. The Bertz CT molecular complexity index is 454. The molecule has 2 saturated heterocycles. The van der Waals surface area contributed by atoms with Gasteiger partial charge in [-0.2, -0.15) is 0 Å². The second-order valence-electron chi connectivity index (χ2n) is 6.63. The van der Waals surface area contributed by atoms with Crippen LogP contribution < -0.4 is 0 Å². The van der Waals surface area contributed by atoms with Crippen LogP contribution in [0.4, 0.5) is 0 Å². The molecule has 2 fully saturated rings. The molecule has 23 heavy (non-hydrogen) atoms. The van der Waals surface area contributed by atoms with Gasteiger partial charge in [0, 0.05) is 13.5 Å². The van der Waals surface area contributed by atoms with Crippen molar-refractivity contribution in [1.82, 2.24) is 4.67 Å². The maximum atomic E-state index is 7.95. The van der Waals surface area contributed by atoms with Crippen LogP contribution in [0.5, 0.6) is 0 Å². The Morgan fingerprint density at radius 2 is 2.13 bits per heavy atom. The maximum absolute atomic E-state index is 7.95. The fourth-order valence-electron chi connectivity index (χ4n) is 3.10. The van der Waals surface area contributed by atoms with E-state index in [1.54, 1.807) is 0 Å². The van der Waals surface area contributed by atoms with Crippen LogP contribution in [0.2, 0.25) is 0 Å². The Morgan fingerprint density at radius 1 is 1.43 bits per heavy atom. The van der Waals surface area contributed by atoms with Crippen molar-refractivity contribution in [1.29, 1.82) is 0 Å². The number of fused-ring (bicyclic) bond motifs is 2. The molecule has 0 aromatic carbocycles. The molecular weight excluding hydrogens is 315 g/mol. The van der Waals surface area contributed by atoms with Gasteiger partial charge in [-0.05, 0) is 41.5 Å². The number of nitrogens with zero attached hydrogens (tertiary/aromatic N) is 2. The summed E-state index contributed by atoms with van der Waals surface area (Å²) in [6, 6.07) is 0.489. The molecule has 0 amide bonds. The van der Waals surface area contributed by atoms with Crippen molar-refractivity contribution in [3.8, 4) is 0 Å². The molecule has 0 saturated carbocycles. The van der Waals surface area contributed by atoms with Crippen molar-refractivity contribution in [3.63, 3.8) is 0 Å². The Hall–Kier alpha value is -0.280. The molecule has 0 radical (unpaired) electrons. The highest BCUT2D eigenvalue weighted by atomic mass is 31.2. The van der Waals surface area contributed by atoms with Crippen molar-refractivity contribution < 1.29 is 19.9 Å². The molecule has 1 unspecified atom stereocenters. The number of ether oxygens (including phenoxy) is 2. The van der Waals surface area contributed by atoms with Gasteiger partial charge < -0.3 is 23.4 Å². The summed E-state index contributed by atoms with van der Waals surface area (Å²) in [5, 5.41) is 0. The van der Waals surface area contributed by atoms with Gasteiger partial charge in [0.15, 0.2) is 0 Å². The molecule has 132 valence electrons. The molecule has 0 N–H and O–H groups in total. The minimum absolute atomic E-state index is 0.101. The molecule has 5 atom stereocenters. The SMILES string of the molecule is [2H]C[C@]12OC[C@H](O[C@@H]1C)[C@@H]2OP(OCC[N+]#[C-])N(C(C)C)C(C)C. The van der Waals surface area contributed by atoms with Crippen LogP contribution in [0.15, 0.2) is 0 Å². The summed E-state index contributed by atoms with van der Waals surface area (Å²) in [6.07, 6.45) is -0.615. The van der Waals surface area contributed by atoms with E-state index in [-0.39, 0.29) is 37.3 Å². The highest BCUT2D eigenvalue weighted by Crippen LogP contribution is 2.53. The lowest BCUT2D eigenvalue weighted by Gasteiger charge is -2.38. The molecule has 7 heteroatoms. The zero-order valence-electron chi connectivity index (χ0n) is 15.7. The molecule has 2 rings (SSSR count). The number of hydrogen-bond donors (Lipinski definition) is 0. The van der Waals surface area contributed by atoms with E-state index in [2.05, 4.69) is 37.2 Å². The Balaban J connectivity index is 2.17. The van der Waals surface area contributed by atoms with Crippen molar-refractivity contribution in [2.24, 2.45) is 0 Å². The summed E-state index contributed by atoms with van der Waals surface area (Å²) in [5.41, 5.74) is -0.714. The maximum Gasteiger partial charge on any atom is 0.259 e. The van der Waals surface area contributed by atoms with E-state index in [9.17, 15) is 0 Å². The Labute approximate surface area is 142 Å². The number of hydrogen-bond acceptors (Lipinski definition) is 5. The van der Waals surface area contributed by atoms with E-state index in [1.165, 1.54) is 0 Å². The van der Waals surface area contributed by atoms with Crippen LogP contribution in [0.1, 0.15) is 42.9 Å². The summed E-state index contributed by atoms with van der Waals surface area (Å²) >= 11 is 0. The van der Waals surface area contributed by atoms with Gasteiger partial charge in [0.1, 0.15) is 24.4 Å². The van der Waals surface area contributed by atoms with E-state index < -0.39 is 14.1 Å². The molecule has 0 aromatic heterocycles. The highest BCUT2D eigenvalue weighted by molar-refractivity contribution is 7.44. The van der Waals surface area contributed by atoms with Crippen LogP contribution in [-0.4, -0.2) is 60.4 Å². The van der Waals surface area contributed by atoms with Crippen molar-refractivity contribution in [3.05, 3.63) is 11.4 Å². The van der Waals surface area contributed by atoms with Crippen molar-refractivity contribution in [2.45, 2.75) is 77.5 Å². The quantitative estimate of drug-likeness (QED) is 0.384. The molecule has 2 aliphatic rings. The fraction of sp³-hybridized carbons (Fsp3) is 0.938. The van der Waals surface area contributed by atoms with Crippen LogP contribution in [-0.2, 0) is 18.5 Å². The van der Waals surface area contributed by atoms with E-state index >= 15 is 0 Å². The van der Waals surface area contributed by atoms with Gasteiger partial charge >= 0.3 is 0 Å². The second-order valence-corrected chi connectivity index (χ2v) is 8.04. The van der Waals surface area contributed by atoms with Gasteiger partial charge in [-0.25, -0.2) is 11.2 Å². The van der Waals surface area contributed by atoms with Gasteiger partial charge in [-0.15, -0.1) is 0 Å². The first kappa shape index (κ1) is 17.5. The van der Waals surface area contributed by atoms with Gasteiger partial charge in [0.05, 0.1) is 12.7 Å². The predicted octanol–water partition coefficient (Wildman–Crippen LogP) is 3.23. The normalized spacial score (nSPS) is 35.1. The highest BCUT2D eigenvalue weighted by Gasteiger charge is 2.60. The average Bonchev–Trinajstić information content (AvgIpc) is 2.98. The lowest BCUT2D eigenvalue weighted by atomic mass is 9.96. The lowest BCUT2D eigenvalue weighted by molar-refractivity contribution is -0.133. The number of rotatable bonds is 8. The van der Waals surface area contributed by atoms with Crippen molar-refractivity contribution >= 4 is 8.53 Å². The Morgan fingerprint density at radius 3 is 2.65 bits per heavy atom. The zero-order chi connectivity index (χ0) is 17.9. The summed E-state index contributed by atoms with van der Waals surface area (Å²) < 4.78 is 34.3. The molecule has 0 aliphatic carbocycles. The van der Waals surface area contributed by atoms with Gasteiger partial charge in [-0.1, -0.05) is 0 Å². The lowest BCUT2D eigenvalue weighted by Crippen LogP contribution is -2.44. The first-order valence-corrected chi connectivity index (χ1v) is 9.30. The fourth-order valence-corrected chi connectivity index (χ4v) is 4.91. The topological polar surface area (TPSA) is 44.5 Å². The minimum atomic E-state index is -1.35. The van der Waals surface area contributed by atoms with Crippen molar-refractivity contribution in [2.75, 3.05) is 19.8 Å². The van der Waals surface area contributed by atoms with Crippen LogP contribution in [0.3, 0.4) is 0 Å². The minimum Gasteiger partial charge on any atom is -0.367 e.